The summed E-state index contributed by atoms with van der Waals surface area (Å²) in [7, 11) is -2.27. The van der Waals surface area contributed by atoms with Crippen LogP contribution in [-0.2, 0) is 6.18 Å². The second-order valence-corrected chi connectivity index (χ2v) is 13.1. The number of hydrogen-bond donors (Lipinski definition) is 0. The lowest BCUT2D eigenvalue weighted by Gasteiger charge is -2.36. The maximum atomic E-state index is 12.9. The largest absolute Gasteiger partial charge is 0.541 e. The van der Waals surface area contributed by atoms with Gasteiger partial charge < -0.3 is 4.43 Å². The molecule has 1 aromatic heterocycles. The van der Waals surface area contributed by atoms with Gasteiger partial charge in [-0.05, 0) is 30.3 Å². The highest BCUT2D eigenvalue weighted by Gasteiger charge is 2.40. The van der Waals surface area contributed by atoms with Crippen molar-refractivity contribution in [1.82, 2.24) is 9.78 Å². The molecule has 0 N–H and O–H groups in total. The number of aldehydes is 1. The molecular formula is C17H19Cl2F3N2O2Si. The quantitative estimate of drug-likeness (QED) is 0.409. The smallest absolute Gasteiger partial charge is 0.416 e. The molecule has 0 aliphatic rings. The molecule has 0 radical (unpaired) electrons. The van der Waals surface area contributed by atoms with Crippen LogP contribution in [0.5, 0.6) is 5.75 Å². The molecule has 0 aliphatic carbocycles. The molecule has 0 saturated carbocycles. The normalized spacial score (nSPS) is 13.0. The monoisotopic (exact) mass is 438 g/mol. The standard InChI is InChI=1S/C17H19Cl2F3N2O2Si/c1-16(2,3)27(4,5)26-14-8-24(23-13(14)9-25)15-11(18)6-10(7-12(15)19)17(20,21)22/h6-9H,1-5H3. The van der Waals surface area contributed by atoms with E-state index in [1.54, 1.807) is 0 Å². The second-order valence-electron chi connectivity index (χ2n) is 7.59. The van der Waals surface area contributed by atoms with Gasteiger partial charge in [0.2, 0.25) is 0 Å². The van der Waals surface area contributed by atoms with Gasteiger partial charge in [-0.1, -0.05) is 44.0 Å². The summed E-state index contributed by atoms with van der Waals surface area (Å²) in [6, 6.07) is 1.53. The highest BCUT2D eigenvalue weighted by atomic mass is 35.5. The van der Waals surface area contributed by atoms with Crippen molar-refractivity contribution in [1.29, 1.82) is 0 Å². The number of aromatic nitrogens is 2. The zero-order valence-corrected chi connectivity index (χ0v) is 17.9. The number of nitrogens with zero attached hydrogens (tertiary/aromatic N) is 2. The molecule has 0 atom stereocenters. The summed E-state index contributed by atoms with van der Waals surface area (Å²) in [6.07, 6.45) is -2.66. The lowest BCUT2D eigenvalue weighted by molar-refractivity contribution is -0.137. The van der Waals surface area contributed by atoms with Crippen LogP contribution >= 0.6 is 23.2 Å². The molecule has 27 heavy (non-hydrogen) atoms. The number of carbonyl (C=O) groups excluding carboxylic acids is 1. The molecule has 0 fully saturated rings. The highest BCUT2D eigenvalue weighted by molar-refractivity contribution is 6.74. The number of carbonyl (C=O) groups is 1. The van der Waals surface area contributed by atoms with Gasteiger partial charge in [0.15, 0.2) is 17.7 Å². The van der Waals surface area contributed by atoms with Gasteiger partial charge in [-0.15, -0.1) is 0 Å². The van der Waals surface area contributed by atoms with E-state index in [9.17, 15) is 18.0 Å². The summed E-state index contributed by atoms with van der Waals surface area (Å²) in [5.74, 6) is 0.239. The molecular weight excluding hydrogens is 420 g/mol. The third-order valence-corrected chi connectivity index (χ3v) is 9.48. The van der Waals surface area contributed by atoms with Crippen LogP contribution in [0.15, 0.2) is 18.3 Å². The van der Waals surface area contributed by atoms with Crippen molar-refractivity contribution in [2.24, 2.45) is 0 Å². The number of hydrogen-bond acceptors (Lipinski definition) is 3. The van der Waals surface area contributed by atoms with Crippen molar-refractivity contribution >= 4 is 37.8 Å². The molecule has 10 heteroatoms. The van der Waals surface area contributed by atoms with E-state index in [0.717, 1.165) is 16.8 Å². The molecule has 1 heterocycles. The molecule has 0 spiro atoms. The maximum Gasteiger partial charge on any atom is 0.416 e. The van der Waals surface area contributed by atoms with E-state index in [2.05, 4.69) is 5.10 Å². The number of benzene rings is 1. The second kappa shape index (κ2) is 7.14. The van der Waals surface area contributed by atoms with E-state index in [1.807, 2.05) is 33.9 Å². The summed E-state index contributed by atoms with van der Waals surface area (Å²) in [5.41, 5.74) is -0.909. The highest BCUT2D eigenvalue weighted by Crippen LogP contribution is 2.40. The predicted octanol–water partition coefficient (Wildman–Crippen LogP) is 6.39. The lowest BCUT2D eigenvalue weighted by Crippen LogP contribution is -2.44. The fourth-order valence-corrected chi connectivity index (χ4v) is 3.70. The van der Waals surface area contributed by atoms with Crippen LogP contribution in [0, 0.1) is 0 Å². The Bertz CT molecular complexity index is 851. The van der Waals surface area contributed by atoms with Crippen LogP contribution in [-0.4, -0.2) is 24.4 Å². The van der Waals surface area contributed by atoms with Crippen molar-refractivity contribution in [2.75, 3.05) is 0 Å². The first-order valence-corrected chi connectivity index (χ1v) is 11.6. The Morgan fingerprint density at radius 3 is 2.07 bits per heavy atom. The topological polar surface area (TPSA) is 44.1 Å². The van der Waals surface area contributed by atoms with Crippen molar-refractivity contribution in [3.05, 3.63) is 39.6 Å². The number of rotatable bonds is 4. The number of halogens is 5. The molecule has 0 unspecified atom stereocenters. The molecule has 4 nitrogen and oxygen atoms in total. The molecule has 0 amide bonds. The van der Waals surface area contributed by atoms with Gasteiger partial charge in [0.05, 0.1) is 21.8 Å². The molecule has 0 aliphatic heterocycles. The van der Waals surface area contributed by atoms with Crippen molar-refractivity contribution in [2.45, 2.75) is 45.1 Å². The summed E-state index contributed by atoms with van der Waals surface area (Å²) < 4.78 is 46.0. The molecule has 0 bridgehead atoms. The van der Waals surface area contributed by atoms with Crippen molar-refractivity contribution < 1.29 is 22.4 Å². The Labute approximate surface area is 166 Å². The summed E-state index contributed by atoms with van der Waals surface area (Å²) in [4.78, 5) is 11.4. The minimum atomic E-state index is -4.58. The predicted molar refractivity (Wildman–Crippen MR) is 102 cm³/mol. The fraction of sp³-hybridized carbons (Fsp3) is 0.412. The Balaban J connectivity index is 2.53. The van der Waals surface area contributed by atoms with E-state index in [4.69, 9.17) is 27.6 Å². The van der Waals surface area contributed by atoms with Gasteiger partial charge in [-0.3, -0.25) is 4.79 Å². The first-order valence-electron chi connectivity index (χ1n) is 7.98. The third kappa shape index (κ3) is 4.49. The van der Waals surface area contributed by atoms with Gasteiger partial charge in [-0.25, -0.2) is 4.68 Å². The SMILES string of the molecule is CC(C)(C)[Si](C)(C)Oc1cn(-c2c(Cl)cc(C(F)(F)F)cc2Cl)nc1C=O. The van der Waals surface area contributed by atoms with Crippen LogP contribution in [0.3, 0.4) is 0 Å². The van der Waals surface area contributed by atoms with Crippen LogP contribution < -0.4 is 4.43 Å². The molecule has 148 valence electrons. The lowest BCUT2D eigenvalue weighted by atomic mass is 10.2. The fourth-order valence-electron chi connectivity index (χ4n) is 2.02. The zero-order valence-electron chi connectivity index (χ0n) is 15.4. The van der Waals surface area contributed by atoms with Crippen LogP contribution in [0.25, 0.3) is 5.69 Å². The summed E-state index contributed by atoms with van der Waals surface area (Å²) >= 11 is 12.0. The van der Waals surface area contributed by atoms with E-state index in [-0.39, 0.29) is 32.2 Å². The van der Waals surface area contributed by atoms with Gasteiger partial charge in [0, 0.05) is 0 Å². The third-order valence-electron chi connectivity index (χ3n) is 4.56. The van der Waals surface area contributed by atoms with Crippen LogP contribution in [0.2, 0.25) is 28.2 Å². The summed E-state index contributed by atoms with van der Waals surface area (Å²) in [6.45, 7) is 10.1. The molecule has 2 aromatic rings. The molecule has 2 rings (SSSR count). The Kier molecular flexibility index (Phi) is 5.76. The Morgan fingerprint density at radius 2 is 1.67 bits per heavy atom. The molecule has 1 aromatic carbocycles. The van der Waals surface area contributed by atoms with Crippen LogP contribution in [0.1, 0.15) is 36.8 Å². The molecule has 0 saturated heterocycles. The average molecular weight is 439 g/mol. The van der Waals surface area contributed by atoms with E-state index in [0.29, 0.717) is 6.29 Å². The van der Waals surface area contributed by atoms with Gasteiger partial charge in [0.1, 0.15) is 5.69 Å². The van der Waals surface area contributed by atoms with E-state index < -0.39 is 20.1 Å². The van der Waals surface area contributed by atoms with Crippen molar-refractivity contribution in [3.8, 4) is 11.4 Å². The van der Waals surface area contributed by atoms with Gasteiger partial charge >= 0.3 is 6.18 Å². The van der Waals surface area contributed by atoms with E-state index >= 15 is 0 Å². The van der Waals surface area contributed by atoms with Gasteiger partial charge in [-0.2, -0.15) is 18.3 Å². The zero-order chi connectivity index (χ0) is 20.8. The van der Waals surface area contributed by atoms with Crippen molar-refractivity contribution in [3.63, 3.8) is 0 Å². The number of alkyl halides is 3. The van der Waals surface area contributed by atoms with Gasteiger partial charge in [0.25, 0.3) is 8.32 Å². The Morgan fingerprint density at radius 1 is 1.15 bits per heavy atom. The maximum absolute atomic E-state index is 12.9. The van der Waals surface area contributed by atoms with Crippen LogP contribution in [0.4, 0.5) is 13.2 Å². The van der Waals surface area contributed by atoms with E-state index in [1.165, 1.54) is 6.20 Å². The first kappa shape index (κ1) is 21.8. The minimum absolute atomic E-state index is 0.0202. The average Bonchev–Trinajstić information content (AvgIpc) is 2.86. The minimum Gasteiger partial charge on any atom is -0.541 e. The first-order chi connectivity index (χ1) is 12.2. The Hall–Kier alpha value is -1.51. The summed E-state index contributed by atoms with van der Waals surface area (Å²) in [5, 5.41) is 3.46.